The van der Waals surface area contributed by atoms with E-state index in [1.165, 1.54) is 13.0 Å². The van der Waals surface area contributed by atoms with E-state index in [0.717, 1.165) is 5.56 Å². The first-order valence-corrected chi connectivity index (χ1v) is 4.42. The fraction of sp³-hybridized carbons (Fsp3) is 0.364. The van der Waals surface area contributed by atoms with Gasteiger partial charge in [-0.1, -0.05) is 25.5 Å². The SMILES string of the molecule is CC.CC(=O)c1cc(C)ccc1O. The van der Waals surface area contributed by atoms with Gasteiger partial charge in [-0.3, -0.25) is 4.79 Å². The molecular weight excluding hydrogens is 164 g/mol. The van der Waals surface area contributed by atoms with Crippen LogP contribution < -0.4 is 0 Å². The summed E-state index contributed by atoms with van der Waals surface area (Å²) >= 11 is 0. The second-order valence-corrected chi connectivity index (χ2v) is 2.58. The van der Waals surface area contributed by atoms with E-state index >= 15 is 0 Å². The van der Waals surface area contributed by atoms with Crippen LogP contribution in [0.4, 0.5) is 0 Å². The number of rotatable bonds is 1. The molecule has 13 heavy (non-hydrogen) atoms. The summed E-state index contributed by atoms with van der Waals surface area (Å²) < 4.78 is 0. The molecule has 1 rings (SSSR count). The summed E-state index contributed by atoms with van der Waals surface area (Å²) in [6, 6.07) is 4.98. The van der Waals surface area contributed by atoms with Crippen molar-refractivity contribution in [3.05, 3.63) is 29.3 Å². The van der Waals surface area contributed by atoms with Crippen molar-refractivity contribution in [1.29, 1.82) is 0 Å². The maximum Gasteiger partial charge on any atom is 0.163 e. The van der Waals surface area contributed by atoms with E-state index in [1.807, 2.05) is 20.8 Å². The second-order valence-electron chi connectivity index (χ2n) is 2.58. The first kappa shape index (κ1) is 11.7. The van der Waals surface area contributed by atoms with Crippen LogP contribution in [0.15, 0.2) is 18.2 Å². The molecule has 0 aromatic heterocycles. The van der Waals surface area contributed by atoms with Crippen LogP contribution in [0.5, 0.6) is 5.75 Å². The number of aryl methyl sites for hydroxylation is 1. The number of Topliss-reactive ketones (excluding diaryl/α,β-unsaturated/α-hetero) is 1. The van der Waals surface area contributed by atoms with Crippen LogP contribution in [0.1, 0.15) is 36.7 Å². The third-order valence-electron chi connectivity index (χ3n) is 1.53. The van der Waals surface area contributed by atoms with Gasteiger partial charge in [-0.2, -0.15) is 0 Å². The Labute approximate surface area is 79.2 Å². The molecule has 0 atom stereocenters. The van der Waals surface area contributed by atoms with Gasteiger partial charge in [0.1, 0.15) is 5.75 Å². The van der Waals surface area contributed by atoms with Crippen molar-refractivity contribution in [3.8, 4) is 5.75 Å². The number of hydrogen-bond donors (Lipinski definition) is 1. The number of carbonyl (C=O) groups is 1. The molecule has 72 valence electrons. The lowest BCUT2D eigenvalue weighted by Crippen LogP contribution is -1.92. The molecule has 1 N–H and O–H groups in total. The van der Waals surface area contributed by atoms with Crippen molar-refractivity contribution in [2.45, 2.75) is 27.7 Å². The Balaban J connectivity index is 0.000000671. The highest BCUT2D eigenvalue weighted by molar-refractivity contribution is 5.96. The zero-order valence-electron chi connectivity index (χ0n) is 8.59. The first-order chi connectivity index (χ1) is 6.11. The monoisotopic (exact) mass is 180 g/mol. The Hall–Kier alpha value is -1.31. The van der Waals surface area contributed by atoms with Gasteiger partial charge in [-0.15, -0.1) is 0 Å². The summed E-state index contributed by atoms with van der Waals surface area (Å²) in [5, 5.41) is 9.18. The average Bonchev–Trinajstić information content (AvgIpc) is 2.12. The summed E-state index contributed by atoms with van der Waals surface area (Å²) in [6.45, 7) is 7.32. The van der Waals surface area contributed by atoms with E-state index in [2.05, 4.69) is 0 Å². The van der Waals surface area contributed by atoms with Gasteiger partial charge in [0.25, 0.3) is 0 Å². The lowest BCUT2D eigenvalue weighted by atomic mass is 10.1. The molecule has 0 amide bonds. The predicted octanol–water partition coefficient (Wildman–Crippen LogP) is 2.93. The lowest BCUT2D eigenvalue weighted by molar-refractivity contribution is 0.101. The van der Waals surface area contributed by atoms with E-state index < -0.39 is 0 Å². The summed E-state index contributed by atoms with van der Waals surface area (Å²) in [6.07, 6.45) is 0. The minimum absolute atomic E-state index is 0.0584. The lowest BCUT2D eigenvalue weighted by Gasteiger charge is -2.00. The third-order valence-corrected chi connectivity index (χ3v) is 1.53. The van der Waals surface area contributed by atoms with Crippen LogP contribution in [-0.2, 0) is 0 Å². The topological polar surface area (TPSA) is 37.3 Å². The standard InChI is InChI=1S/C9H10O2.C2H6/c1-6-3-4-9(11)8(5-6)7(2)10;1-2/h3-5,11H,1-2H3;1-2H3. The second kappa shape index (κ2) is 5.36. The van der Waals surface area contributed by atoms with Crippen LogP contribution in [0.25, 0.3) is 0 Å². The van der Waals surface area contributed by atoms with Gasteiger partial charge in [0.15, 0.2) is 5.78 Å². The van der Waals surface area contributed by atoms with Crippen molar-refractivity contribution in [2.24, 2.45) is 0 Å². The van der Waals surface area contributed by atoms with Crippen LogP contribution in [-0.4, -0.2) is 10.9 Å². The fourth-order valence-electron chi connectivity index (χ4n) is 0.932. The number of hydrogen-bond acceptors (Lipinski definition) is 2. The Bertz CT molecular complexity index is 290. The van der Waals surface area contributed by atoms with Crippen LogP contribution >= 0.6 is 0 Å². The molecule has 0 spiro atoms. The maximum atomic E-state index is 10.9. The van der Waals surface area contributed by atoms with Gasteiger partial charge in [-0.05, 0) is 26.0 Å². The van der Waals surface area contributed by atoms with Gasteiger partial charge in [0.05, 0.1) is 5.56 Å². The van der Waals surface area contributed by atoms with Crippen molar-refractivity contribution in [1.82, 2.24) is 0 Å². The van der Waals surface area contributed by atoms with Gasteiger partial charge in [-0.25, -0.2) is 0 Å². The molecule has 0 saturated heterocycles. The number of aromatic hydroxyl groups is 1. The molecule has 0 aliphatic rings. The minimum atomic E-state index is -0.105. The summed E-state index contributed by atoms with van der Waals surface area (Å²) in [5.41, 5.74) is 1.37. The Morgan fingerprint density at radius 1 is 1.31 bits per heavy atom. The predicted molar refractivity (Wildman–Crippen MR) is 54.2 cm³/mol. The number of ketones is 1. The quantitative estimate of drug-likeness (QED) is 0.675. The Morgan fingerprint density at radius 2 is 1.85 bits per heavy atom. The largest absolute Gasteiger partial charge is 0.507 e. The van der Waals surface area contributed by atoms with Crippen LogP contribution in [0, 0.1) is 6.92 Å². The smallest absolute Gasteiger partial charge is 0.163 e. The molecule has 0 aliphatic carbocycles. The van der Waals surface area contributed by atoms with Crippen molar-refractivity contribution >= 4 is 5.78 Å². The highest BCUT2D eigenvalue weighted by atomic mass is 16.3. The van der Waals surface area contributed by atoms with Gasteiger partial charge in [0, 0.05) is 0 Å². The number of phenolic OH excluding ortho intramolecular Hbond substituents is 1. The highest BCUT2D eigenvalue weighted by Crippen LogP contribution is 2.17. The molecule has 2 heteroatoms. The highest BCUT2D eigenvalue weighted by Gasteiger charge is 2.04. The maximum absolute atomic E-state index is 10.9. The minimum Gasteiger partial charge on any atom is -0.507 e. The first-order valence-electron chi connectivity index (χ1n) is 4.42. The number of phenols is 1. The number of benzene rings is 1. The van der Waals surface area contributed by atoms with E-state index in [1.54, 1.807) is 12.1 Å². The van der Waals surface area contributed by atoms with E-state index in [0.29, 0.717) is 5.56 Å². The van der Waals surface area contributed by atoms with Crippen molar-refractivity contribution in [3.63, 3.8) is 0 Å². The normalized spacial score (nSPS) is 8.62. The van der Waals surface area contributed by atoms with Crippen molar-refractivity contribution < 1.29 is 9.90 Å². The third kappa shape index (κ3) is 3.28. The summed E-state index contributed by atoms with van der Waals surface area (Å²) in [5.74, 6) is -0.0469. The molecular formula is C11H16O2. The molecule has 1 aromatic carbocycles. The van der Waals surface area contributed by atoms with E-state index in [9.17, 15) is 9.90 Å². The van der Waals surface area contributed by atoms with E-state index in [-0.39, 0.29) is 11.5 Å². The van der Waals surface area contributed by atoms with Crippen LogP contribution in [0.3, 0.4) is 0 Å². The summed E-state index contributed by atoms with van der Waals surface area (Å²) in [4.78, 5) is 10.9. The van der Waals surface area contributed by atoms with Crippen LogP contribution in [0.2, 0.25) is 0 Å². The average molecular weight is 180 g/mol. The summed E-state index contributed by atoms with van der Waals surface area (Å²) in [7, 11) is 0. The number of carbonyl (C=O) groups excluding carboxylic acids is 1. The van der Waals surface area contributed by atoms with Crippen molar-refractivity contribution in [2.75, 3.05) is 0 Å². The van der Waals surface area contributed by atoms with E-state index in [4.69, 9.17) is 0 Å². The molecule has 0 fully saturated rings. The zero-order chi connectivity index (χ0) is 10.4. The molecule has 0 aliphatic heterocycles. The molecule has 2 nitrogen and oxygen atoms in total. The molecule has 0 heterocycles. The Kier molecular flexibility index (Phi) is 4.82. The van der Waals surface area contributed by atoms with Gasteiger partial charge < -0.3 is 5.11 Å². The zero-order valence-corrected chi connectivity index (χ0v) is 8.59. The Morgan fingerprint density at radius 3 is 2.23 bits per heavy atom. The fourth-order valence-corrected chi connectivity index (χ4v) is 0.932. The molecule has 0 saturated carbocycles. The molecule has 0 radical (unpaired) electrons. The molecule has 0 bridgehead atoms. The van der Waals surface area contributed by atoms with Gasteiger partial charge >= 0.3 is 0 Å². The molecule has 1 aromatic rings. The van der Waals surface area contributed by atoms with Gasteiger partial charge in [0.2, 0.25) is 0 Å². The molecule has 0 unspecified atom stereocenters.